The first-order chi connectivity index (χ1) is 14.6. The summed E-state index contributed by atoms with van der Waals surface area (Å²) in [6, 6.07) is 25.2. The van der Waals surface area contributed by atoms with E-state index >= 15 is 0 Å². The molecule has 0 aliphatic heterocycles. The van der Waals surface area contributed by atoms with E-state index in [4.69, 9.17) is 9.15 Å². The van der Waals surface area contributed by atoms with Crippen LogP contribution in [0.25, 0.3) is 11.5 Å². The fourth-order valence-corrected chi connectivity index (χ4v) is 3.48. The smallest absolute Gasteiger partial charge is 0.226 e. The van der Waals surface area contributed by atoms with Gasteiger partial charge in [-0.05, 0) is 48.7 Å². The Hall–Kier alpha value is -3.31. The lowest BCUT2D eigenvalue weighted by atomic mass is 10.0. The van der Waals surface area contributed by atoms with Crippen LogP contribution in [0.15, 0.2) is 83.3 Å². The molecule has 0 unspecified atom stereocenters. The second-order valence-electron chi connectivity index (χ2n) is 6.96. The van der Waals surface area contributed by atoms with Crippen molar-refractivity contribution in [1.29, 1.82) is 0 Å². The van der Waals surface area contributed by atoms with Crippen molar-refractivity contribution in [2.75, 3.05) is 0 Å². The molecule has 5 heteroatoms. The van der Waals surface area contributed by atoms with Crippen molar-refractivity contribution < 1.29 is 13.9 Å². The third kappa shape index (κ3) is 4.63. The maximum absolute atomic E-state index is 11.7. The number of carbonyl (C=O) groups excluding carboxylic acids is 1. The normalized spacial score (nSPS) is 10.7. The molecule has 4 nitrogen and oxygen atoms in total. The van der Waals surface area contributed by atoms with Gasteiger partial charge in [0, 0.05) is 11.1 Å². The number of benzene rings is 3. The molecule has 0 spiro atoms. The minimum absolute atomic E-state index is 0.228. The van der Waals surface area contributed by atoms with E-state index in [1.807, 2.05) is 79.7 Å². The van der Waals surface area contributed by atoms with Gasteiger partial charge in [-0.3, -0.25) is 4.79 Å². The molecule has 0 aliphatic carbocycles. The number of nitrogens with zero attached hydrogens (tertiary/aromatic N) is 1. The van der Waals surface area contributed by atoms with Crippen LogP contribution < -0.4 is 4.74 Å². The van der Waals surface area contributed by atoms with E-state index in [2.05, 4.69) is 17.6 Å². The summed E-state index contributed by atoms with van der Waals surface area (Å²) in [6.07, 6.45) is 0.626. The highest BCUT2D eigenvalue weighted by Gasteiger charge is 2.12. The average molecular weight is 416 g/mol. The van der Waals surface area contributed by atoms with Crippen LogP contribution in [0.2, 0.25) is 0 Å². The highest BCUT2D eigenvalue weighted by molar-refractivity contribution is 7.97. The van der Waals surface area contributed by atoms with E-state index in [9.17, 15) is 4.79 Å². The van der Waals surface area contributed by atoms with Gasteiger partial charge in [-0.1, -0.05) is 54.6 Å². The lowest BCUT2D eigenvalue weighted by molar-refractivity contribution is 0.109. The number of aryl methyl sites for hydroxylation is 1. The van der Waals surface area contributed by atoms with Crippen molar-refractivity contribution in [2.45, 2.75) is 20.0 Å². The average Bonchev–Trinajstić information content (AvgIpc) is 3.14. The van der Waals surface area contributed by atoms with E-state index in [0.29, 0.717) is 24.5 Å². The van der Waals surface area contributed by atoms with Crippen LogP contribution in [0.4, 0.5) is 0 Å². The second-order valence-corrected chi connectivity index (χ2v) is 7.37. The zero-order valence-corrected chi connectivity index (χ0v) is 17.4. The molecule has 0 radical (unpaired) electrons. The Balaban J connectivity index is 1.47. The van der Waals surface area contributed by atoms with Crippen molar-refractivity contribution in [1.82, 2.24) is 4.98 Å². The topological polar surface area (TPSA) is 52.3 Å². The molecule has 0 fully saturated rings. The first kappa shape index (κ1) is 20.0. The van der Waals surface area contributed by atoms with E-state index in [0.717, 1.165) is 33.9 Å². The van der Waals surface area contributed by atoms with Gasteiger partial charge < -0.3 is 9.15 Å². The minimum atomic E-state index is -0.228. The first-order valence-electron chi connectivity index (χ1n) is 9.65. The van der Waals surface area contributed by atoms with Gasteiger partial charge >= 0.3 is 0 Å². The lowest BCUT2D eigenvalue weighted by Gasteiger charge is -2.09. The lowest BCUT2D eigenvalue weighted by Crippen LogP contribution is -2.00. The molecule has 0 atom stereocenters. The molecule has 4 aromatic rings. The SMILES string of the molecule is Cc1oc(-c2ccccc2)nc1COc1cccc(Cc2ccccc2C(=O)S)c1. The van der Waals surface area contributed by atoms with Gasteiger partial charge in [0.05, 0.1) is 0 Å². The van der Waals surface area contributed by atoms with Crippen LogP contribution in [-0.2, 0) is 13.0 Å². The molecule has 1 aromatic heterocycles. The summed E-state index contributed by atoms with van der Waals surface area (Å²) in [4.78, 5) is 16.3. The molecular weight excluding hydrogens is 394 g/mol. The predicted molar refractivity (Wildman–Crippen MR) is 120 cm³/mol. The summed E-state index contributed by atoms with van der Waals surface area (Å²) in [5, 5.41) is -0.228. The Labute approximate surface area is 181 Å². The molecular formula is C25H21NO3S. The first-order valence-corrected chi connectivity index (χ1v) is 10.1. The third-order valence-electron chi connectivity index (χ3n) is 4.83. The van der Waals surface area contributed by atoms with Crippen molar-refractivity contribution in [3.63, 3.8) is 0 Å². The summed E-state index contributed by atoms with van der Waals surface area (Å²) >= 11 is 3.98. The van der Waals surface area contributed by atoms with Gasteiger partial charge in [0.1, 0.15) is 23.8 Å². The van der Waals surface area contributed by atoms with Crippen molar-refractivity contribution in [3.8, 4) is 17.2 Å². The molecule has 1 heterocycles. The largest absolute Gasteiger partial charge is 0.487 e. The summed E-state index contributed by atoms with van der Waals surface area (Å²) in [5.74, 6) is 2.07. The number of hydrogen-bond acceptors (Lipinski definition) is 4. The van der Waals surface area contributed by atoms with Crippen molar-refractivity contribution in [2.24, 2.45) is 0 Å². The highest BCUT2D eigenvalue weighted by Crippen LogP contribution is 2.24. The summed E-state index contributed by atoms with van der Waals surface area (Å²) in [6.45, 7) is 2.21. The zero-order chi connectivity index (χ0) is 20.9. The molecule has 30 heavy (non-hydrogen) atoms. The Kier molecular flexibility index (Phi) is 6.00. The number of carbonyl (C=O) groups is 1. The number of rotatable bonds is 7. The standard InChI is InChI=1S/C25H21NO3S/c1-17-23(26-24(29-17)19-9-3-2-4-10-19)16-28-21-12-7-8-18(15-21)14-20-11-5-6-13-22(20)25(27)30/h2-13,15H,14,16H2,1H3,(H,27,30). The van der Waals surface area contributed by atoms with E-state index < -0.39 is 0 Å². The van der Waals surface area contributed by atoms with Crippen molar-refractivity contribution in [3.05, 3.63) is 107 Å². The number of hydrogen-bond donors (Lipinski definition) is 1. The van der Waals surface area contributed by atoms with Crippen LogP contribution in [0.1, 0.15) is 32.9 Å². The third-order valence-corrected chi connectivity index (χ3v) is 5.07. The maximum atomic E-state index is 11.7. The molecule has 3 aromatic carbocycles. The fraction of sp³-hybridized carbons (Fsp3) is 0.120. The van der Waals surface area contributed by atoms with Crippen LogP contribution in [0, 0.1) is 6.92 Å². The van der Waals surface area contributed by atoms with Crippen LogP contribution >= 0.6 is 12.6 Å². The predicted octanol–water partition coefficient (Wildman–Crippen LogP) is 5.89. The summed E-state index contributed by atoms with van der Waals surface area (Å²) in [7, 11) is 0. The minimum Gasteiger partial charge on any atom is -0.487 e. The number of thiol groups is 1. The molecule has 4 rings (SSSR count). The quantitative estimate of drug-likeness (QED) is 0.382. The molecule has 0 saturated carbocycles. The van der Waals surface area contributed by atoms with E-state index in [-0.39, 0.29) is 5.12 Å². The Morgan fingerprint density at radius 2 is 1.77 bits per heavy atom. The monoisotopic (exact) mass is 415 g/mol. The summed E-state index contributed by atoms with van der Waals surface area (Å²) < 4.78 is 11.8. The van der Waals surface area contributed by atoms with Crippen LogP contribution in [-0.4, -0.2) is 10.1 Å². The van der Waals surface area contributed by atoms with Gasteiger partial charge in [-0.15, -0.1) is 12.6 Å². The van der Waals surface area contributed by atoms with Gasteiger partial charge in [0.2, 0.25) is 11.0 Å². The van der Waals surface area contributed by atoms with Gasteiger partial charge in [0.15, 0.2) is 0 Å². The van der Waals surface area contributed by atoms with E-state index in [1.54, 1.807) is 6.07 Å². The molecule has 0 amide bonds. The molecule has 0 bridgehead atoms. The number of ether oxygens (including phenoxy) is 1. The van der Waals surface area contributed by atoms with Gasteiger partial charge in [0.25, 0.3) is 0 Å². The highest BCUT2D eigenvalue weighted by atomic mass is 32.1. The van der Waals surface area contributed by atoms with Gasteiger partial charge in [-0.25, -0.2) is 4.98 Å². The maximum Gasteiger partial charge on any atom is 0.226 e. The van der Waals surface area contributed by atoms with Crippen LogP contribution in [0.5, 0.6) is 5.75 Å². The van der Waals surface area contributed by atoms with Crippen molar-refractivity contribution >= 4 is 17.7 Å². The van der Waals surface area contributed by atoms with Crippen LogP contribution in [0.3, 0.4) is 0 Å². The Bertz CT molecular complexity index is 1170. The van der Waals surface area contributed by atoms with E-state index in [1.165, 1.54) is 0 Å². The molecule has 0 aliphatic rings. The molecule has 0 N–H and O–H groups in total. The number of oxazole rings is 1. The Morgan fingerprint density at radius 3 is 2.57 bits per heavy atom. The fourth-order valence-electron chi connectivity index (χ4n) is 3.27. The zero-order valence-electron chi connectivity index (χ0n) is 16.5. The Morgan fingerprint density at radius 1 is 1.00 bits per heavy atom. The van der Waals surface area contributed by atoms with Gasteiger partial charge in [-0.2, -0.15) is 0 Å². The molecule has 0 saturated heterocycles. The second kappa shape index (κ2) is 9.01. The summed E-state index contributed by atoms with van der Waals surface area (Å²) in [5.41, 5.74) is 4.32. The number of aromatic nitrogens is 1. The molecule has 150 valence electrons.